The summed E-state index contributed by atoms with van der Waals surface area (Å²) < 4.78 is 45.7. The van der Waals surface area contributed by atoms with Crippen LogP contribution in [0.5, 0.6) is 11.5 Å². The second-order valence-electron chi connectivity index (χ2n) is 7.37. The Morgan fingerprint density at radius 1 is 1.21 bits per heavy atom. The van der Waals surface area contributed by atoms with Crippen LogP contribution < -0.4 is 15.6 Å². The van der Waals surface area contributed by atoms with Crippen molar-refractivity contribution in [3.63, 3.8) is 0 Å². The van der Waals surface area contributed by atoms with Crippen molar-refractivity contribution in [2.75, 3.05) is 13.2 Å². The van der Waals surface area contributed by atoms with Crippen molar-refractivity contribution >= 4 is 22.8 Å². The van der Waals surface area contributed by atoms with Crippen molar-refractivity contribution in [3.8, 4) is 17.6 Å². The molecular weight excluding hydrogens is 459 g/mol. The molecule has 0 aliphatic carbocycles. The Labute approximate surface area is 188 Å². The predicted molar refractivity (Wildman–Crippen MR) is 110 cm³/mol. The van der Waals surface area contributed by atoms with Crippen LogP contribution in [0.4, 0.5) is 13.2 Å². The van der Waals surface area contributed by atoms with E-state index in [-0.39, 0.29) is 34.4 Å². The zero-order valence-corrected chi connectivity index (χ0v) is 17.0. The monoisotopic (exact) mass is 473 g/mol. The first-order valence-corrected chi connectivity index (χ1v) is 9.68. The first-order chi connectivity index (χ1) is 16.0. The third-order valence-corrected chi connectivity index (χ3v) is 5.37. The number of amides is 1. The van der Waals surface area contributed by atoms with E-state index in [9.17, 15) is 37.9 Å². The van der Waals surface area contributed by atoms with E-state index in [1.165, 1.54) is 12.1 Å². The van der Waals surface area contributed by atoms with E-state index in [0.29, 0.717) is 0 Å². The van der Waals surface area contributed by atoms with Gasteiger partial charge >= 0.3 is 12.1 Å². The molecule has 0 bridgehead atoms. The molecule has 0 spiro atoms. The summed E-state index contributed by atoms with van der Waals surface area (Å²) in [6, 6.07) is 7.52. The van der Waals surface area contributed by atoms with Crippen LogP contribution in [-0.4, -0.2) is 39.8 Å². The number of aromatic hydroxyl groups is 1. The van der Waals surface area contributed by atoms with Crippen LogP contribution in [0.15, 0.2) is 41.2 Å². The molecule has 34 heavy (non-hydrogen) atoms. The van der Waals surface area contributed by atoms with Gasteiger partial charge in [-0.3, -0.25) is 19.0 Å². The molecule has 1 aromatic heterocycles. The SMILES string of the molecule is N#Cc1ccc2c3c1c(O)c(C(=O)NCC(=O)O)c(=O)n3C(c1ccc(C(F)(F)F)cc1)CO2. The highest BCUT2D eigenvalue weighted by Gasteiger charge is 2.34. The number of alkyl halides is 3. The minimum Gasteiger partial charge on any atom is -0.506 e. The van der Waals surface area contributed by atoms with Crippen LogP contribution in [0.25, 0.3) is 10.9 Å². The van der Waals surface area contributed by atoms with Gasteiger partial charge in [0.1, 0.15) is 30.2 Å². The van der Waals surface area contributed by atoms with Crippen molar-refractivity contribution in [2.45, 2.75) is 12.2 Å². The van der Waals surface area contributed by atoms with E-state index in [2.05, 4.69) is 0 Å². The highest BCUT2D eigenvalue weighted by molar-refractivity contribution is 6.05. The molecule has 1 unspecified atom stereocenters. The second-order valence-corrected chi connectivity index (χ2v) is 7.37. The molecule has 2 aromatic carbocycles. The molecule has 0 saturated heterocycles. The van der Waals surface area contributed by atoms with Gasteiger partial charge in [-0.25, -0.2) is 0 Å². The Hall–Kier alpha value is -4.53. The fourth-order valence-electron chi connectivity index (χ4n) is 3.84. The largest absolute Gasteiger partial charge is 0.506 e. The quantitative estimate of drug-likeness (QED) is 0.528. The average Bonchev–Trinajstić information content (AvgIpc) is 2.80. The lowest BCUT2D eigenvalue weighted by atomic mass is 9.98. The third kappa shape index (κ3) is 3.66. The van der Waals surface area contributed by atoms with Gasteiger partial charge in [0.2, 0.25) is 0 Å². The number of carbonyl (C=O) groups excluding carboxylic acids is 1. The van der Waals surface area contributed by atoms with E-state index in [0.717, 1.165) is 28.8 Å². The summed E-state index contributed by atoms with van der Waals surface area (Å²) >= 11 is 0. The van der Waals surface area contributed by atoms with Gasteiger partial charge in [-0.2, -0.15) is 18.4 Å². The van der Waals surface area contributed by atoms with Crippen LogP contribution in [0.3, 0.4) is 0 Å². The van der Waals surface area contributed by atoms with Gasteiger partial charge in [0, 0.05) is 0 Å². The van der Waals surface area contributed by atoms with Crippen molar-refractivity contribution in [2.24, 2.45) is 0 Å². The van der Waals surface area contributed by atoms with Crippen LogP contribution in [0, 0.1) is 11.3 Å². The van der Waals surface area contributed by atoms with Gasteiger partial charge in [0.05, 0.1) is 34.1 Å². The van der Waals surface area contributed by atoms with Crippen molar-refractivity contribution < 1.29 is 37.7 Å². The number of hydrogen-bond donors (Lipinski definition) is 3. The number of aromatic nitrogens is 1. The van der Waals surface area contributed by atoms with E-state index >= 15 is 0 Å². The topological polar surface area (TPSA) is 142 Å². The number of nitrogens with one attached hydrogen (secondary N) is 1. The van der Waals surface area contributed by atoms with Crippen LogP contribution in [0.2, 0.25) is 0 Å². The number of nitriles is 1. The summed E-state index contributed by atoms with van der Waals surface area (Å²) in [6.07, 6.45) is -4.58. The molecule has 0 saturated carbocycles. The molecule has 1 amide bonds. The molecule has 1 atom stereocenters. The summed E-state index contributed by atoms with van der Waals surface area (Å²) in [5, 5.41) is 30.9. The average molecular weight is 473 g/mol. The Bertz CT molecular complexity index is 1440. The number of carbonyl (C=O) groups is 2. The number of ether oxygens (including phenoxy) is 1. The van der Waals surface area contributed by atoms with E-state index < -0.39 is 53.1 Å². The van der Waals surface area contributed by atoms with Crippen molar-refractivity contribution in [1.29, 1.82) is 5.26 Å². The maximum Gasteiger partial charge on any atom is 0.416 e. The zero-order valence-electron chi connectivity index (χ0n) is 17.0. The molecule has 4 rings (SSSR count). The normalized spacial score (nSPS) is 14.8. The lowest BCUT2D eigenvalue weighted by Gasteiger charge is -2.30. The van der Waals surface area contributed by atoms with Gasteiger partial charge in [0.25, 0.3) is 11.5 Å². The highest BCUT2D eigenvalue weighted by Crippen LogP contribution is 2.40. The summed E-state index contributed by atoms with van der Waals surface area (Å²) in [5.41, 5.74) is -2.62. The molecule has 3 N–H and O–H groups in total. The molecule has 0 radical (unpaired) electrons. The van der Waals surface area contributed by atoms with Gasteiger partial charge in [-0.05, 0) is 29.8 Å². The maximum absolute atomic E-state index is 13.4. The molecule has 174 valence electrons. The maximum atomic E-state index is 13.4. The Morgan fingerprint density at radius 2 is 1.88 bits per heavy atom. The first kappa shape index (κ1) is 22.7. The van der Waals surface area contributed by atoms with Gasteiger partial charge < -0.3 is 20.3 Å². The standard InChI is InChI=1S/C22H14F3N3O6/c23-22(24,25)12-4-1-10(2-5-12)13-9-34-14-6-3-11(7-26)16-18(14)28(13)21(33)17(19(16)31)20(32)27-8-15(29)30/h1-6,13,31H,8-9H2,(H,27,32)(H,29,30). The minimum atomic E-state index is -4.58. The molecule has 0 fully saturated rings. The number of rotatable bonds is 4. The zero-order chi connectivity index (χ0) is 24.8. The van der Waals surface area contributed by atoms with Gasteiger partial charge in [-0.15, -0.1) is 0 Å². The number of nitrogens with zero attached hydrogens (tertiary/aromatic N) is 2. The highest BCUT2D eigenvalue weighted by atomic mass is 19.4. The van der Waals surface area contributed by atoms with Gasteiger partial charge in [-0.1, -0.05) is 12.1 Å². The van der Waals surface area contributed by atoms with Crippen LogP contribution >= 0.6 is 0 Å². The summed E-state index contributed by atoms with van der Waals surface area (Å²) in [7, 11) is 0. The number of carboxylic acid groups (broad SMARTS) is 1. The number of hydrogen-bond acceptors (Lipinski definition) is 6. The van der Waals surface area contributed by atoms with Crippen LogP contribution in [-0.2, 0) is 11.0 Å². The number of aliphatic carboxylic acids is 1. The number of halogens is 3. The van der Waals surface area contributed by atoms with Gasteiger partial charge in [0.15, 0.2) is 0 Å². The Kier molecular flexibility index (Phi) is 5.40. The number of carboxylic acids is 1. The lowest BCUT2D eigenvalue weighted by Crippen LogP contribution is -2.39. The Morgan fingerprint density at radius 3 is 2.47 bits per heavy atom. The Balaban J connectivity index is 1.99. The third-order valence-electron chi connectivity index (χ3n) is 5.37. The van der Waals surface area contributed by atoms with Crippen molar-refractivity contribution in [3.05, 3.63) is 69.0 Å². The minimum absolute atomic E-state index is 0.0208. The predicted octanol–water partition coefficient (Wildman–Crippen LogP) is 2.39. The number of benzene rings is 2. The van der Waals surface area contributed by atoms with E-state index in [1.807, 2.05) is 11.4 Å². The van der Waals surface area contributed by atoms with Crippen molar-refractivity contribution in [1.82, 2.24) is 9.88 Å². The van der Waals surface area contributed by atoms with Crippen LogP contribution in [0.1, 0.15) is 33.1 Å². The fourth-order valence-corrected chi connectivity index (χ4v) is 3.84. The molecule has 3 aromatic rings. The molecule has 2 heterocycles. The summed E-state index contributed by atoms with van der Waals surface area (Å²) in [6.45, 7) is -1.04. The molecular formula is C22H14F3N3O6. The van der Waals surface area contributed by atoms with E-state index in [1.54, 1.807) is 0 Å². The molecule has 9 nitrogen and oxygen atoms in total. The second kappa shape index (κ2) is 8.11. The summed E-state index contributed by atoms with van der Waals surface area (Å²) in [5.74, 6) is -3.31. The summed E-state index contributed by atoms with van der Waals surface area (Å²) in [4.78, 5) is 36.8. The first-order valence-electron chi connectivity index (χ1n) is 9.68. The molecule has 12 heteroatoms. The fraction of sp³-hybridized carbons (Fsp3) is 0.182. The lowest BCUT2D eigenvalue weighted by molar-refractivity contribution is -0.138. The van der Waals surface area contributed by atoms with E-state index in [4.69, 9.17) is 9.84 Å². The number of pyridine rings is 1. The smallest absolute Gasteiger partial charge is 0.416 e. The molecule has 1 aliphatic rings. The molecule has 1 aliphatic heterocycles.